The molecule has 0 unspecified atom stereocenters. The van der Waals surface area contributed by atoms with Crippen LogP contribution in [-0.2, 0) is 10.3 Å². The van der Waals surface area contributed by atoms with Gasteiger partial charge in [0.05, 0.1) is 42.5 Å². The van der Waals surface area contributed by atoms with Gasteiger partial charge in [0.1, 0.15) is 5.52 Å². The van der Waals surface area contributed by atoms with Gasteiger partial charge in [-0.1, -0.05) is 18.2 Å². The molecule has 7 nitrogen and oxygen atoms in total. The smallest absolute Gasteiger partial charge is 0.156 e. The summed E-state index contributed by atoms with van der Waals surface area (Å²) in [7, 11) is 0. The van der Waals surface area contributed by atoms with E-state index in [1.54, 1.807) is 0 Å². The number of hydrogen-bond donors (Lipinski definition) is 1. The highest BCUT2D eigenvalue weighted by molar-refractivity contribution is 5.94. The van der Waals surface area contributed by atoms with E-state index >= 15 is 0 Å². The Morgan fingerprint density at radius 2 is 1.82 bits per heavy atom. The summed E-state index contributed by atoms with van der Waals surface area (Å²) in [6.45, 7) is 9.91. The average molecular weight is 453 g/mol. The number of nitrogens with one attached hydrogen (secondary N) is 1. The lowest BCUT2D eigenvalue weighted by atomic mass is 10.1. The highest BCUT2D eigenvalue weighted by Gasteiger charge is 2.18. The monoisotopic (exact) mass is 452 g/mol. The molecule has 1 fully saturated rings. The normalized spacial score (nSPS) is 14.9. The Morgan fingerprint density at radius 3 is 2.65 bits per heavy atom. The van der Waals surface area contributed by atoms with Gasteiger partial charge in [0.15, 0.2) is 5.65 Å². The molecule has 1 saturated heterocycles. The average Bonchev–Trinajstić information content (AvgIpc) is 3.48. The Hall–Kier alpha value is -3.71. The van der Waals surface area contributed by atoms with Crippen LogP contribution in [0, 0.1) is 0 Å². The molecule has 3 aromatic heterocycles. The molecular weight excluding hydrogens is 424 g/mol. The predicted octanol–water partition coefficient (Wildman–Crippen LogP) is 5.23. The molecule has 6 rings (SSSR count). The van der Waals surface area contributed by atoms with Gasteiger partial charge in [-0.05, 0) is 50.6 Å². The molecule has 1 N–H and O–H groups in total. The molecule has 0 radical (unpaired) electrons. The van der Waals surface area contributed by atoms with E-state index in [0.29, 0.717) is 0 Å². The second-order valence-electron chi connectivity index (χ2n) is 9.79. The molecule has 0 aliphatic carbocycles. The molecule has 0 spiro atoms. The second kappa shape index (κ2) is 7.95. The van der Waals surface area contributed by atoms with Gasteiger partial charge in [0, 0.05) is 41.6 Å². The van der Waals surface area contributed by atoms with Crippen LogP contribution in [0.2, 0.25) is 0 Å². The maximum absolute atomic E-state index is 5.51. The van der Waals surface area contributed by atoms with E-state index in [1.807, 2.05) is 18.7 Å². The van der Waals surface area contributed by atoms with Crippen molar-refractivity contribution in [3.63, 3.8) is 0 Å². The summed E-state index contributed by atoms with van der Waals surface area (Å²) >= 11 is 0. The predicted molar refractivity (Wildman–Crippen MR) is 136 cm³/mol. The number of H-pyrrole nitrogens is 1. The van der Waals surface area contributed by atoms with E-state index in [0.717, 1.165) is 70.9 Å². The Kier molecular flexibility index (Phi) is 4.88. The van der Waals surface area contributed by atoms with Crippen LogP contribution in [0.4, 0.5) is 5.69 Å². The third-order valence-electron chi connectivity index (χ3n) is 6.48. The van der Waals surface area contributed by atoms with E-state index in [-0.39, 0.29) is 5.54 Å². The molecule has 0 atom stereocenters. The molecule has 34 heavy (non-hydrogen) atoms. The zero-order chi connectivity index (χ0) is 23.3. The first-order valence-corrected chi connectivity index (χ1v) is 11.7. The molecule has 4 heterocycles. The van der Waals surface area contributed by atoms with Crippen molar-refractivity contribution < 1.29 is 4.74 Å². The van der Waals surface area contributed by atoms with Gasteiger partial charge in [0.2, 0.25) is 0 Å². The van der Waals surface area contributed by atoms with Crippen molar-refractivity contribution in [3.8, 4) is 22.4 Å². The minimum Gasteiger partial charge on any atom is -0.378 e. The van der Waals surface area contributed by atoms with Crippen molar-refractivity contribution in [2.45, 2.75) is 26.3 Å². The molecule has 1 aliphatic rings. The highest BCUT2D eigenvalue weighted by Crippen LogP contribution is 2.32. The number of hydrogen-bond acceptors (Lipinski definition) is 5. The number of morpholine rings is 1. The Morgan fingerprint density at radius 1 is 0.971 bits per heavy atom. The zero-order valence-electron chi connectivity index (χ0n) is 19.7. The van der Waals surface area contributed by atoms with Crippen molar-refractivity contribution >= 4 is 27.9 Å². The molecule has 5 aromatic rings. The molecule has 7 heteroatoms. The van der Waals surface area contributed by atoms with Crippen LogP contribution in [0.1, 0.15) is 20.8 Å². The lowest BCUT2D eigenvalue weighted by Gasteiger charge is -2.29. The molecule has 0 saturated carbocycles. The SMILES string of the molecule is CC(C)(C)n1cnc2ccc(-c3c[nH]c4ncc(-c5cccc(N6CCOCC6)c5)nc34)cc21. The number of aromatic nitrogens is 5. The quantitative estimate of drug-likeness (QED) is 0.406. The van der Waals surface area contributed by atoms with Crippen molar-refractivity contribution in [2.75, 3.05) is 31.2 Å². The van der Waals surface area contributed by atoms with Crippen LogP contribution in [0.3, 0.4) is 0 Å². The van der Waals surface area contributed by atoms with Crippen LogP contribution in [0.5, 0.6) is 0 Å². The van der Waals surface area contributed by atoms with E-state index in [1.165, 1.54) is 5.69 Å². The maximum Gasteiger partial charge on any atom is 0.156 e. The lowest BCUT2D eigenvalue weighted by Crippen LogP contribution is -2.36. The molecule has 0 bridgehead atoms. The van der Waals surface area contributed by atoms with Gasteiger partial charge in [-0.2, -0.15) is 0 Å². The number of aromatic amines is 1. The van der Waals surface area contributed by atoms with Gasteiger partial charge in [-0.25, -0.2) is 15.0 Å². The van der Waals surface area contributed by atoms with Crippen LogP contribution < -0.4 is 4.90 Å². The van der Waals surface area contributed by atoms with Crippen molar-refractivity contribution in [1.82, 2.24) is 24.5 Å². The minimum absolute atomic E-state index is 0.0495. The van der Waals surface area contributed by atoms with E-state index in [4.69, 9.17) is 9.72 Å². The molecule has 1 aliphatic heterocycles. The van der Waals surface area contributed by atoms with Crippen molar-refractivity contribution in [2.24, 2.45) is 0 Å². The number of nitrogens with zero attached hydrogens (tertiary/aromatic N) is 5. The Bertz CT molecular complexity index is 1490. The largest absolute Gasteiger partial charge is 0.378 e. The summed E-state index contributed by atoms with van der Waals surface area (Å²) in [5, 5.41) is 0. The first-order valence-electron chi connectivity index (χ1n) is 11.7. The summed E-state index contributed by atoms with van der Waals surface area (Å²) in [5.41, 5.74) is 8.96. The fraction of sp³-hybridized carbons (Fsp3) is 0.296. The van der Waals surface area contributed by atoms with E-state index in [9.17, 15) is 0 Å². The van der Waals surface area contributed by atoms with Crippen LogP contribution >= 0.6 is 0 Å². The van der Waals surface area contributed by atoms with Gasteiger partial charge in [-0.3, -0.25) is 0 Å². The Labute approximate surface area is 198 Å². The highest BCUT2D eigenvalue weighted by atomic mass is 16.5. The summed E-state index contributed by atoms with van der Waals surface area (Å²) in [4.78, 5) is 20.0. The summed E-state index contributed by atoms with van der Waals surface area (Å²) in [6, 6.07) is 14.9. The van der Waals surface area contributed by atoms with E-state index < -0.39 is 0 Å². The lowest BCUT2D eigenvalue weighted by molar-refractivity contribution is 0.122. The first-order chi connectivity index (χ1) is 16.5. The third-order valence-corrected chi connectivity index (χ3v) is 6.48. The fourth-order valence-electron chi connectivity index (χ4n) is 4.64. The maximum atomic E-state index is 5.51. The number of imidazole rings is 1. The zero-order valence-corrected chi connectivity index (χ0v) is 19.7. The number of benzene rings is 2. The summed E-state index contributed by atoms with van der Waals surface area (Å²) in [5.74, 6) is 0. The molecular formula is C27H28N6O. The van der Waals surface area contributed by atoms with Gasteiger partial charge in [-0.15, -0.1) is 0 Å². The first kappa shape index (κ1) is 20.9. The van der Waals surface area contributed by atoms with Gasteiger partial charge in [0.25, 0.3) is 0 Å². The summed E-state index contributed by atoms with van der Waals surface area (Å²) in [6.07, 6.45) is 5.76. The molecule has 172 valence electrons. The number of rotatable bonds is 3. The minimum atomic E-state index is -0.0495. The van der Waals surface area contributed by atoms with Gasteiger partial charge >= 0.3 is 0 Å². The Balaban J connectivity index is 1.42. The fourth-order valence-corrected chi connectivity index (χ4v) is 4.64. The number of ether oxygens (including phenoxy) is 1. The van der Waals surface area contributed by atoms with E-state index in [2.05, 4.69) is 87.7 Å². The third kappa shape index (κ3) is 3.62. The van der Waals surface area contributed by atoms with Crippen LogP contribution in [0.25, 0.3) is 44.6 Å². The number of fused-ring (bicyclic) bond motifs is 2. The van der Waals surface area contributed by atoms with Crippen LogP contribution in [0.15, 0.2) is 61.2 Å². The molecule has 0 amide bonds. The summed E-state index contributed by atoms with van der Waals surface area (Å²) < 4.78 is 7.72. The molecule has 2 aromatic carbocycles. The van der Waals surface area contributed by atoms with Crippen molar-refractivity contribution in [3.05, 3.63) is 61.2 Å². The topological polar surface area (TPSA) is 71.9 Å². The van der Waals surface area contributed by atoms with Gasteiger partial charge < -0.3 is 19.2 Å². The number of anilines is 1. The standard InChI is InChI=1S/C27H28N6O/c1-27(2,3)33-17-30-22-8-7-18(14-24(22)33)21-15-28-26-25(21)31-23(16-29-26)19-5-4-6-20(13-19)32-9-11-34-12-10-32/h4-8,13-17H,9-12H2,1-3H3,(H,28,29). The second-order valence-corrected chi connectivity index (χ2v) is 9.79. The van der Waals surface area contributed by atoms with Crippen molar-refractivity contribution in [1.29, 1.82) is 0 Å². The van der Waals surface area contributed by atoms with Crippen LogP contribution in [-0.4, -0.2) is 50.8 Å².